The summed E-state index contributed by atoms with van der Waals surface area (Å²) in [7, 11) is 0.132. The largest absolute Gasteiger partial charge is 0.398 e. The molecule has 0 spiro atoms. The molecule has 19 heavy (non-hydrogen) atoms. The molecule has 0 bridgehead atoms. The minimum Gasteiger partial charge on any atom is -0.398 e. The molecule has 2 atom stereocenters. The van der Waals surface area contributed by atoms with E-state index in [-0.39, 0.29) is 17.7 Å². The number of aryl methyl sites for hydroxylation is 1. The van der Waals surface area contributed by atoms with Crippen molar-refractivity contribution < 1.29 is 13.7 Å². The van der Waals surface area contributed by atoms with E-state index in [1.54, 1.807) is 19.2 Å². The fourth-order valence-electron chi connectivity index (χ4n) is 1.68. The summed E-state index contributed by atoms with van der Waals surface area (Å²) >= 11 is 0. The molecule has 0 radical (unpaired) electrons. The number of amides is 1. The van der Waals surface area contributed by atoms with Crippen LogP contribution in [-0.2, 0) is 20.3 Å². The van der Waals surface area contributed by atoms with Gasteiger partial charge in [-0.3, -0.25) is 9.00 Å². The number of carbonyl (C=O) groups is 1. The summed E-state index contributed by atoms with van der Waals surface area (Å²) in [6.45, 7) is 4.15. The highest BCUT2D eigenvalue weighted by atomic mass is 32.2. The van der Waals surface area contributed by atoms with E-state index in [2.05, 4.69) is 5.32 Å². The van der Waals surface area contributed by atoms with Crippen molar-refractivity contribution in [3.63, 3.8) is 0 Å². The van der Waals surface area contributed by atoms with Crippen LogP contribution in [0.2, 0.25) is 0 Å². The molecule has 0 saturated heterocycles. The van der Waals surface area contributed by atoms with Gasteiger partial charge in [0.1, 0.15) is 5.75 Å². The summed E-state index contributed by atoms with van der Waals surface area (Å²) in [4.78, 5) is 12.2. The Balaban J connectivity index is 2.62. The van der Waals surface area contributed by atoms with Crippen molar-refractivity contribution in [3.8, 4) is 0 Å². The summed E-state index contributed by atoms with van der Waals surface area (Å²) in [6.07, 6.45) is 0. The van der Waals surface area contributed by atoms with E-state index >= 15 is 0 Å². The van der Waals surface area contributed by atoms with Gasteiger partial charge in [-0.1, -0.05) is 6.07 Å². The third-order valence-electron chi connectivity index (χ3n) is 2.50. The fourth-order valence-corrected chi connectivity index (χ4v) is 2.70. The molecule has 0 aliphatic heterocycles. The topological polar surface area (TPSA) is 81.4 Å². The molecule has 1 rings (SSSR count). The van der Waals surface area contributed by atoms with Crippen LogP contribution in [-0.4, -0.2) is 35.6 Å². The number of nitrogens with two attached hydrogens (primary N) is 1. The van der Waals surface area contributed by atoms with E-state index in [0.717, 1.165) is 5.56 Å². The van der Waals surface area contributed by atoms with Crippen LogP contribution >= 0.6 is 0 Å². The molecule has 0 aliphatic carbocycles. The van der Waals surface area contributed by atoms with Gasteiger partial charge < -0.3 is 15.8 Å². The Kier molecular flexibility index (Phi) is 5.98. The molecule has 0 aromatic heterocycles. The third-order valence-corrected chi connectivity index (χ3v) is 3.88. The van der Waals surface area contributed by atoms with Crippen LogP contribution in [0.15, 0.2) is 23.1 Å². The number of rotatable bonds is 6. The molecule has 0 aliphatic rings. The standard InChI is InChI=1S/C13H20N2O3S/c1-9-4-5-12(11(14)6-9)19(17)8-13(16)15-10(2)7-18-3/h4-6,10H,7-8,14H2,1-3H3,(H,15,16). The predicted octanol–water partition coefficient (Wildman–Crippen LogP) is 0.836. The van der Waals surface area contributed by atoms with E-state index in [4.69, 9.17) is 10.5 Å². The zero-order valence-electron chi connectivity index (χ0n) is 11.4. The Hall–Kier alpha value is -1.40. The van der Waals surface area contributed by atoms with Crippen LogP contribution in [0.3, 0.4) is 0 Å². The Morgan fingerprint density at radius 3 is 2.79 bits per heavy atom. The minimum absolute atomic E-state index is 0.0959. The van der Waals surface area contributed by atoms with Gasteiger partial charge in [-0.15, -0.1) is 0 Å². The summed E-state index contributed by atoms with van der Waals surface area (Å²) in [6, 6.07) is 5.17. The molecule has 0 fully saturated rings. The fraction of sp³-hybridized carbons (Fsp3) is 0.462. The maximum absolute atomic E-state index is 12.1. The lowest BCUT2D eigenvalue weighted by Crippen LogP contribution is -2.38. The van der Waals surface area contributed by atoms with Crippen LogP contribution < -0.4 is 11.1 Å². The van der Waals surface area contributed by atoms with E-state index in [1.807, 2.05) is 19.9 Å². The maximum atomic E-state index is 12.1. The highest BCUT2D eigenvalue weighted by Gasteiger charge is 2.14. The zero-order chi connectivity index (χ0) is 14.4. The second-order valence-electron chi connectivity index (χ2n) is 4.46. The molecular weight excluding hydrogens is 264 g/mol. The van der Waals surface area contributed by atoms with Crippen LogP contribution in [0.5, 0.6) is 0 Å². The number of hydrogen-bond acceptors (Lipinski definition) is 4. The summed E-state index contributed by atoms with van der Waals surface area (Å²) < 4.78 is 17.0. The molecule has 1 aromatic carbocycles. The Morgan fingerprint density at radius 2 is 2.21 bits per heavy atom. The quantitative estimate of drug-likeness (QED) is 0.758. The SMILES string of the molecule is COCC(C)NC(=O)CS(=O)c1ccc(C)cc1N. The van der Waals surface area contributed by atoms with Gasteiger partial charge in [0.2, 0.25) is 5.91 Å². The molecule has 5 nitrogen and oxygen atoms in total. The van der Waals surface area contributed by atoms with Gasteiger partial charge in [0.05, 0.1) is 22.3 Å². The van der Waals surface area contributed by atoms with Gasteiger partial charge in [-0.25, -0.2) is 0 Å². The van der Waals surface area contributed by atoms with E-state index in [0.29, 0.717) is 17.2 Å². The summed E-state index contributed by atoms with van der Waals surface area (Å²) in [5, 5.41) is 2.71. The average Bonchev–Trinajstić information content (AvgIpc) is 2.28. The number of nitrogen functional groups attached to an aromatic ring is 1. The van der Waals surface area contributed by atoms with E-state index in [9.17, 15) is 9.00 Å². The van der Waals surface area contributed by atoms with Crippen LogP contribution in [0, 0.1) is 6.92 Å². The zero-order valence-corrected chi connectivity index (χ0v) is 12.3. The molecule has 6 heteroatoms. The minimum atomic E-state index is -1.43. The second kappa shape index (κ2) is 7.25. The van der Waals surface area contributed by atoms with Crippen molar-refractivity contribution in [2.24, 2.45) is 0 Å². The number of methoxy groups -OCH3 is 1. The normalized spacial score (nSPS) is 13.8. The first-order chi connectivity index (χ1) is 8.93. The Labute approximate surface area is 116 Å². The second-order valence-corrected chi connectivity index (χ2v) is 5.87. The first-order valence-corrected chi connectivity index (χ1v) is 7.28. The molecular formula is C13H20N2O3S. The van der Waals surface area contributed by atoms with Crippen molar-refractivity contribution in [2.75, 3.05) is 25.2 Å². The lowest BCUT2D eigenvalue weighted by atomic mass is 10.2. The molecule has 0 heterocycles. The summed E-state index contributed by atoms with van der Waals surface area (Å²) in [5.74, 6) is -0.371. The molecule has 106 valence electrons. The number of ether oxygens (including phenoxy) is 1. The average molecular weight is 284 g/mol. The van der Waals surface area contributed by atoms with Crippen molar-refractivity contribution >= 4 is 22.4 Å². The van der Waals surface area contributed by atoms with Crippen LogP contribution in [0.4, 0.5) is 5.69 Å². The first-order valence-electron chi connectivity index (χ1n) is 5.97. The number of benzene rings is 1. The molecule has 1 aromatic rings. The van der Waals surface area contributed by atoms with Crippen LogP contribution in [0.25, 0.3) is 0 Å². The number of carbonyl (C=O) groups excluding carboxylic acids is 1. The predicted molar refractivity (Wildman–Crippen MR) is 76.3 cm³/mol. The van der Waals surface area contributed by atoms with Gasteiger partial charge in [0.25, 0.3) is 0 Å². The van der Waals surface area contributed by atoms with Gasteiger partial charge in [-0.05, 0) is 31.5 Å². The number of anilines is 1. The van der Waals surface area contributed by atoms with Crippen molar-refractivity contribution in [1.82, 2.24) is 5.32 Å². The van der Waals surface area contributed by atoms with E-state index < -0.39 is 10.8 Å². The maximum Gasteiger partial charge on any atom is 0.233 e. The van der Waals surface area contributed by atoms with Gasteiger partial charge in [0.15, 0.2) is 0 Å². The third kappa shape index (κ3) is 5.00. The molecule has 3 N–H and O–H groups in total. The highest BCUT2D eigenvalue weighted by molar-refractivity contribution is 7.86. The summed E-state index contributed by atoms with van der Waals surface area (Å²) in [5.41, 5.74) is 7.25. The molecule has 2 unspecified atom stereocenters. The Morgan fingerprint density at radius 1 is 1.53 bits per heavy atom. The van der Waals surface area contributed by atoms with Gasteiger partial charge in [0, 0.05) is 18.8 Å². The monoisotopic (exact) mass is 284 g/mol. The van der Waals surface area contributed by atoms with Crippen LogP contribution in [0.1, 0.15) is 12.5 Å². The molecule has 1 amide bonds. The first kappa shape index (κ1) is 15.7. The number of hydrogen-bond donors (Lipinski definition) is 2. The number of nitrogens with one attached hydrogen (secondary N) is 1. The van der Waals surface area contributed by atoms with E-state index in [1.165, 1.54) is 0 Å². The highest BCUT2D eigenvalue weighted by Crippen LogP contribution is 2.17. The smallest absolute Gasteiger partial charge is 0.233 e. The van der Waals surface area contributed by atoms with Crippen molar-refractivity contribution in [2.45, 2.75) is 24.8 Å². The van der Waals surface area contributed by atoms with Crippen molar-refractivity contribution in [3.05, 3.63) is 23.8 Å². The molecule has 0 saturated carbocycles. The Bertz CT molecular complexity index is 477. The van der Waals surface area contributed by atoms with Gasteiger partial charge >= 0.3 is 0 Å². The van der Waals surface area contributed by atoms with Crippen molar-refractivity contribution in [1.29, 1.82) is 0 Å². The lowest BCUT2D eigenvalue weighted by molar-refractivity contribution is -0.119. The van der Waals surface area contributed by atoms with Gasteiger partial charge in [-0.2, -0.15) is 0 Å². The lowest BCUT2D eigenvalue weighted by Gasteiger charge is -2.13.